The Kier molecular flexibility index (Phi) is 4.60. The highest BCUT2D eigenvalue weighted by atomic mass is 32.2. The fraction of sp³-hybridized carbons (Fsp3) is 0.143. The number of pyridine rings is 1. The van der Waals surface area contributed by atoms with E-state index in [1.165, 1.54) is 12.3 Å². The zero-order valence-electron chi connectivity index (χ0n) is 12.1. The first kappa shape index (κ1) is 16.8. The van der Waals surface area contributed by atoms with E-state index in [0.717, 1.165) is 11.8 Å². The number of nitrogens with zero attached hydrogens (tertiary/aromatic N) is 1. The summed E-state index contributed by atoms with van der Waals surface area (Å²) in [5, 5.41) is 0. The fourth-order valence-corrected chi connectivity index (χ4v) is 2.08. The van der Waals surface area contributed by atoms with Crippen molar-refractivity contribution in [1.29, 1.82) is 0 Å². The standard InChI is InChI=1S/C14H12F2N2O4S/c1-8-3-4-13(17-7-8)22-12-6-10(15)9(5-11(12)16)14(19)18-23(2,20)21/h3-7H,1-2H3,(H,18,19). The van der Waals surface area contributed by atoms with Crippen LogP contribution in [0.4, 0.5) is 8.78 Å². The van der Waals surface area contributed by atoms with Gasteiger partial charge in [-0.25, -0.2) is 26.9 Å². The molecule has 6 nitrogen and oxygen atoms in total. The first-order chi connectivity index (χ1) is 10.7. The summed E-state index contributed by atoms with van der Waals surface area (Å²) in [6.07, 6.45) is 2.21. The van der Waals surface area contributed by atoms with Crippen LogP contribution in [0.25, 0.3) is 0 Å². The molecule has 122 valence electrons. The number of hydrogen-bond acceptors (Lipinski definition) is 5. The summed E-state index contributed by atoms with van der Waals surface area (Å²) >= 11 is 0. The molecule has 0 fully saturated rings. The van der Waals surface area contributed by atoms with Crippen molar-refractivity contribution >= 4 is 15.9 Å². The molecule has 0 atom stereocenters. The summed E-state index contributed by atoms with van der Waals surface area (Å²) in [5.74, 6) is -3.87. The number of rotatable bonds is 4. The van der Waals surface area contributed by atoms with E-state index in [1.807, 2.05) is 0 Å². The van der Waals surface area contributed by atoms with Crippen LogP contribution in [0.5, 0.6) is 11.6 Å². The van der Waals surface area contributed by atoms with Crippen molar-refractivity contribution < 1.29 is 26.7 Å². The third-order valence-corrected chi connectivity index (χ3v) is 3.20. The minimum absolute atomic E-state index is 0.0437. The van der Waals surface area contributed by atoms with Crippen molar-refractivity contribution in [2.24, 2.45) is 0 Å². The quantitative estimate of drug-likeness (QED) is 0.920. The van der Waals surface area contributed by atoms with E-state index in [-0.39, 0.29) is 5.88 Å². The van der Waals surface area contributed by atoms with Crippen LogP contribution in [0.15, 0.2) is 30.5 Å². The maximum atomic E-state index is 13.9. The molecule has 1 heterocycles. The fourth-order valence-electron chi connectivity index (χ4n) is 1.63. The number of nitrogens with one attached hydrogen (secondary N) is 1. The number of amides is 1. The van der Waals surface area contributed by atoms with Crippen LogP contribution in [-0.4, -0.2) is 25.6 Å². The van der Waals surface area contributed by atoms with Gasteiger partial charge in [0.05, 0.1) is 11.8 Å². The molecule has 2 aromatic rings. The summed E-state index contributed by atoms with van der Waals surface area (Å²) in [7, 11) is -3.89. The molecule has 1 aromatic carbocycles. The molecular formula is C14H12F2N2O4S. The number of carbonyl (C=O) groups is 1. The van der Waals surface area contributed by atoms with E-state index in [4.69, 9.17) is 4.74 Å². The van der Waals surface area contributed by atoms with Crippen molar-refractivity contribution in [1.82, 2.24) is 9.71 Å². The lowest BCUT2D eigenvalue weighted by Crippen LogP contribution is -2.30. The minimum Gasteiger partial charge on any atom is -0.436 e. The Morgan fingerprint density at radius 2 is 1.91 bits per heavy atom. The zero-order valence-corrected chi connectivity index (χ0v) is 12.9. The van der Waals surface area contributed by atoms with Crippen molar-refractivity contribution in [3.05, 3.63) is 53.2 Å². The van der Waals surface area contributed by atoms with Crippen LogP contribution in [0.3, 0.4) is 0 Å². The lowest BCUT2D eigenvalue weighted by molar-refractivity contribution is 0.0977. The monoisotopic (exact) mass is 342 g/mol. The Morgan fingerprint density at radius 1 is 1.22 bits per heavy atom. The molecule has 1 N–H and O–H groups in total. The Labute approximate surface area is 131 Å². The molecule has 0 unspecified atom stereocenters. The number of carbonyl (C=O) groups excluding carboxylic acids is 1. The third kappa shape index (κ3) is 4.46. The highest BCUT2D eigenvalue weighted by Crippen LogP contribution is 2.26. The molecule has 0 saturated heterocycles. The molecule has 0 aliphatic rings. The van der Waals surface area contributed by atoms with E-state index < -0.39 is 38.9 Å². The Morgan fingerprint density at radius 3 is 2.48 bits per heavy atom. The largest absolute Gasteiger partial charge is 0.436 e. The third-order valence-electron chi connectivity index (χ3n) is 2.64. The lowest BCUT2D eigenvalue weighted by atomic mass is 10.2. The second-order valence-electron chi connectivity index (χ2n) is 4.74. The van der Waals surface area contributed by atoms with Gasteiger partial charge in [-0.15, -0.1) is 0 Å². The molecule has 2 rings (SSSR count). The Bertz CT molecular complexity index is 852. The predicted molar refractivity (Wildman–Crippen MR) is 77.7 cm³/mol. The number of aromatic nitrogens is 1. The average molecular weight is 342 g/mol. The first-order valence-corrected chi connectivity index (χ1v) is 8.16. The van der Waals surface area contributed by atoms with Crippen molar-refractivity contribution in [2.75, 3.05) is 6.26 Å². The SMILES string of the molecule is Cc1ccc(Oc2cc(F)c(C(=O)NS(C)(=O)=O)cc2F)nc1. The number of benzene rings is 1. The highest BCUT2D eigenvalue weighted by Gasteiger charge is 2.19. The summed E-state index contributed by atoms with van der Waals surface area (Å²) in [5.41, 5.74) is 0.105. The maximum absolute atomic E-state index is 13.9. The van der Waals surface area contributed by atoms with Gasteiger partial charge in [-0.1, -0.05) is 6.07 Å². The molecule has 0 aliphatic heterocycles. The normalized spacial score (nSPS) is 11.1. The summed E-state index contributed by atoms with van der Waals surface area (Å²) in [6, 6.07) is 4.34. The van der Waals surface area contributed by atoms with E-state index in [2.05, 4.69) is 4.98 Å². The van der Waals surface area contributed by atoms with Crippen LogP contribution < -0.4 is 9.46 Å². The van der Waals surface area contributed by atoms with Gasteiger partial charge >= 0.3 is 0 Å². The van der Waals surface area contributed by atoms with Gasteiger partial charge in [0.2, 0.25) is 15.9 Å². The molecule has 23 heavy (non-hydrogen) atoms. The second-order valence-corrected chi connectivity index (χ2v) is 6.49. The Hall–Kier alpha value is -2.55. The van der Waals surface area contributed by atoms with Crippen LogP contribution >= 0.6 is 0 Å². The van der Waals surface area contributed by atoms with Crippen LogP contribution in [-0.2, 0) is 10.0 Å². The molecule has 1 amide bonds. The number of aryl methyl sites for hydroxylation is 1. The predicted octanol–water partition coefficient (Wildman–Crippen LogP) is 2.15. The number of hydrogen-bond donors (Lipinski definition) is 1. The number of sulfonamides is 1. The van der Waals surface area contributed by atoms with Crippen molar-refractivity contribution in [2.45, 2.75) is 6.92 Å². The van der Waals surface area contributed by atoms with E-state index in [0.29, 0.717) is 12.1 Å². The summed E-state index contributed by atoms with van der Waals surface area (Å²) in [4.78, 5) is 15.5. The van der Waals surface area contributed by atoms with Crippen molar-refractivity contribution in [3.63, 3.8) is 0 Å². The summed E-state index contributed by atoms with van der Waals surface area (Å²) < 4.78 is 56.4. The topological polar surface area (TPSA) is 85.4 Å². The van der Waals surface area contributed by atoms with Gasteiger partial charge in [0.25, 0.3) is 5.91 Å². The zero-order chi connectivity index (χ0) is 17.2. The first-order valence-electron chi connectivity index (χ1n) is 6.27. The Balaban J connectivity index is 2.30. The van der Waals surface area contributed by atoms with Crippen LogP contribution in [0, 0.1) is 18.6 Å². The minimum atomic E-state index is -3.89. The van der Waals surface area contributed by atoms with Gasteiger partial charge in [0.1, 0.15) is 5.82 Å². The molecule has 9 heteroatoms. The highest BCUT2D eigenvalue weighted by molar-refractivity contribution is 7.89. The lowest BCUT2D eigenvalue weighted by Gasteiger charge is -2.09. The second kappa shape index (κ2) is 6.29. The molecule has 0 saturated carbocycles. The van der Waals surface area contributed by atoms with Gasteiger partial charge in [-0.05, 0) is 18.6 Å². The smallest absolute Gasteiger partial charge is 0.267 e. The molecule has 0 radical (unpaired) electrons. The van der Waals surface area contributed by atoms with Gasteiger partial charge in [0.15, 0.2) is 11.6 Å². The molecular weight excluding hydrogens is 330 g/mol. The molecule has 1 aromatic heterocycles. The number of halogens is 2. The van der Waals surface area contributed by atoms with Gasteiger partial charge < -0.3 is 4.74 Å². The van der Waals surface area contributed by atoms with Crippen LogP contribution in [0.2, 0.25) is 0 Å². The molecule has 0 bridgehead atoms. The van der Waals surface area contributed by atoms with E-state index in [9.17, 15) is 22.0 Å². The van der Waals surface area contributed by atoms with Gasteiger partial charge in [0, 0.05) is 18.3 Å². The molecule has 0 aliphatic carbocycles. The van der Waals surface area contributed by atoms with E-state index in [1.54, 1.807) is 17.7 Å². The summed E-state index contributed by atoms with van der Waals surface area (Å²) in [6.45, 7) is 1.80. The van der Waals surface area contributed by atoms with Gasteiger partial charge in [-0.2, -0.15) is 0 Å². The molecule has 0 spiro atoms. The van der Waals surface area contributed by atoms with Crippen LogP contribution in [0.1, 0.15) is 15.9 Å². The van der Waals surface area contributed by atoms with Crippen molar-refractivity contribution in [3.8, 4) is 11.6 Å². The van der Waals surface area contributed by atoms with E-state index >= 15 is 0 Å². The maximum Gasteiger partial charge on any atom is 0.267 e. The average Bonchev–Trinajstić information content (AvgIpc) is 2.43. The number of ether oxygens (including phenoxy) is 1. The van der Waals surface area contributed by atoms with Gasteiger partial charge in [-0.3, -0.25) is 4.79 Å².